The Labute approximate surface area is 137 Å². The molecule has 0 bridgehead atoms. The molecule has 0 saturated heterocycles. The molecule has 1 aliphatic heterocycles. The highest BCUT2D eigenvalue weighted by Crippen LogP contribution is 2.32. The fourth-order valence-electron chi connectivity index (χ4n) is 2.13. The van der Waals surface area contributed by atoms with Gasteiger partial charge in [0.05, 0.1) is 4.88 Å². The third-order valence-corrected chi connectivity index (χ3v) is 4.08. The molecular weight excluding hydrogens is 316 g/mol. The van der Waals surface area contributed by atoms with Crippen LogP contribution in [0.2, 0.25) is 0 Å². The molecule has 0 spiro atoms. The summed E-state index contributed by atoms with van der Waals surface area (Å²) in [7, 11) is 0. The standard InChI is InChI=1S/C16H16N2O4S/c19-15(5-6-17-16(20)14-2-1-9-23-14)18-11-3-4-12-13(10-11)22-8-7-21-12/h1-4,9-10H,5-8H2,(H,17,20)(H,18,19). The van der Waals surface area contributed by atoms with Gasteiger partial charge in [-0.25, -0.2) is 0 Å². The van der Waals surface area contributed by atoms with Crippen molar-refractivity contribution in [3.05, 3.63) is 40.6 Å². The normalized spacial score (nSPS) is 12.5. The maximum Gasteiger partial charge on any atom is 0.261 e. The third-order valence-electron chi connectivity index (χ3n) is 3.21. The van der Waals surface area contributed by atoms with Crippen LogP contribution in [0.15, 0.2) is 35.7 Å². The van der Waals surface area contributed by atoms with Crippen LogP contribution in [0.25, 0.3) is 0 Å². The molecular formula is C16H16N2O4S. The number of ether oxygens (including phenoxy) is 2. The first-order chi connectivity index (χ1) is 11.2. The Morgan fingerprint density at radius 2 is 1.96 bits per heavy atom. The van der Waals surface area contributed by atoms with Crippen molar-refractivity contribution in [3.63, 3.8) is 0 Å². The first-order valence-electron chi connectivity index (χ1n) is 7.23. The predicted molar refractivity (Wildman–Crippen MR) is 87.3 cm³/mol. The second kappa shape index (κ2) is 7.15. The number of nitrogens with one attached hydrogen (secondary N) is 2. The quantitative estimate of drug-likeness (QED) is 0.881. The number of hydrogen-bond donors (Lipinski definition) is 2. The number of benzene rings is 1. The van der Waals surface area contributed by atoms with Crippen LogP contribution in [0.1, 0.15) is 16.1 Å². The van der Waals surface area contributed by atoms with E-state index in [-0.39, 0.29) is 24.8 Å². The van der Waals surface area contributed by atoms with Crippen LogP contribution in [0, 0.1) is 0 Å². The van der Waals surface area contributed by atoms with Crippen molar-refractivity contribution in [2.45, 2.75) is 6.42 Å². The van der Waals surface area contributed by atoms with Gasteiger partial charge in [0.25, 0.3) is 5.91 Å². The largest absolute Gasteiger partial charge is 0.486 e. The number of thiophene rings is 1. The molecule has 1 aromatic carbocycles. The van der Waals surface area contributed by atoms with Crippen molar-refractivity contribution in [3.8, 4) is 11.5 Å². The van der Waals surface area contributed by atoms with Gasteiger partial charge >= 0.3 is 0 Å². The molecule has 7 heteroatoms. The highest BCUT2D eigenvalue weighted by Gasteiger charge is 2.13. The fraction of sp³-hybridized carbons (Fsp3) is 0.250. The lowest BCUT2D eigenvalue weighted by Crippen LogP contribution is -2.27. The lowest BCUT2D eigenvalue weighted by atomic mass is 10.2. The van der Waals surface area contributed by atoms with Crippen LogP contribution in [0.5, 0.6) is 11.5 Å². The summed E-state index contributed by atoms with van der Waals surface area (Å²) in [6, 6.07) is 8.82. The van der Waals surface area contributed by atoms with Crippen molar-refractivity contribution >= 4 is 28.8 Å². The van der Waals surface area contributed by atoms with Crippen LogP contribution in [-0.4, -0.2) is 31.6 Å². The molecule has 1 aliphatic rings. The monoisotopic (exact) mass is 332 g/mol. The summed E-state index contributed by atoms with van der Waals surface area (Å²) in [6.07, 6.45) is 0.200. The smallest absolute Gasteiger partial charge is 0.261 e. The first-order valence-corrected chi connectivity index (χ1v) is 8.11. The Morgan fingerprint density at radius 1 is 1.13 bits per heavy atom. The molecule has 3 rings (SSSR count). The number of amides is 2. The zero-order valence-corrected chi connectivity index (χ0v) is 13.2. The molecule has 2 aromatic rings. The van der Waals surface area contributed by atoms with Crippen molar-refractivity contribution < 1.29 is 19.1 Å². The van der Waals surface area contributed by atoms with E-state index >= 15 is 0 Å². The van der Waals surface area contributed by atoms with E-state index < -0.39 is 0 Å². The third kappa shape index (κ3) is 4.01. The summed E-state index contributed by atoms with van der Waals surface area (Å²) in [5.74, 6) is 0.970. The first kappa shape index (κ1) is 15.4. The van der Waals surface area contributed by atoms with Gasteiger partial charge in [-0.15, -0.1) is 11.3 Å². The molecule has 2 heterocycles. The molecule has 0 atom stereocenters. The molecule has 1 aromatic heterocycles. The molecule has 2 N–H and O–H groups in total. The Hall–Kier alpha value is -2.54. The van der Waals surface area contributed by atoms with E-state index in [1.165, 1.54) is 11.3 Å². The maximum absolute atomic E-state index is 11.9. The van der Waals surface area contributed by atoms with Gasteiger partial charge in [0.2, 0.25) is 5.91 Å². The summed E-state index contributed by atoms with van der Waals surface area (Å²) in [5, 5.41) is 7.33. The van der Waals surface area contributed by atoms with Crippen molar-refractivity contribution in [1.82, 2.24) is 5.32 Å². The number of hydrogen-bond acceptors (Lipinski definition) is 5. The highest BCUT2D eigenvalue weighted by molar-refractivity contribution is 7.12. The van der Waals surface area contributed by atoms with Crippen LogP contribution < -0.4 is 20.1 Å². The van der Waals surface area contributed by atoms with Gasteiger partial charge in [0.15, 0.2) is 11.5 Å². The van der Waals surface area contributed by atoms with Crippen molar-refractivity contribution in [2.75, 3.05) is 25.1 Å². The summed E-state index contributed by atoms with van der Waals surface area (Å²) in [6.45, 7) is 1.31. The molecule has 120 valence electrons. The lowest BCUT2D eigenvalue weighted by molar-refractivity contribution is -0.116. The SMILES string of the molecule is O=C(CCNC(=O)c1cccs1)Nc1ccc2c(c1)OCCO2. The van der Waals surface area contributed by atoms with Crippen LogP contribution in [0.3, 0.4) is 0 Å². The second-order valence-electron chi connectivity index (χ2n) is 4.89. The second-order valence-corrected chi connectivity index (χ2v) is 5.84. The number of fused-ring (bicyclic) bond motifs is 1. The summed E-state index contributed by atoms with van der Waals surface area (Å²) < 4.78 is 10.9. The van der Waals surface area contributed by atoms with E-state index in [4.69, 9.17) is 9.47 Å². The Morgan fingerprint density at radius 3 is 2.74 bits per heavy atom. The zero-order chi connectivity index (χ0) is 16.1. The van der Waals surface area contributed by atoms with Gasteiger partial charge in [0, 0.05) is 24.7 Å². The Balaban J connectivity index is 1.47. The van der Waals surface area contributed by atoms with E-state index in [9.17, 15) is 9.59 Å². The van der Waals surface area contributed by atoms with E-state index in [0.717, 1.165) is 0 Å². The van der Waals surface area contributed by atoms with Gasteiger partial charge in [0.1, 0.15) is 13.2 Å². The minimum atomic E-state index is -0.173. The number of carbonyl (C=O) groups excluding carboxylic acids is 2. The number of anilines is 1. The van der Waals surface area contributed by atoms with E-state index in [1.807, 2.05) is 11.4 Å². The van der Waals surface area contributed by atoms with Crippen molar-refractivity contribution in [2.24, 2.45) is 0 Å². The van der Waals surface area contributed by atoms with Gasteiger partial charge in [-0.2, -0.15) is 0 Å². The number of rotatable bonds is 5. The Kier molecular flexibility index (Phi) is 4.77. The average Bonchev–Trinajstić information content (AvgIpc) is 3.09. The summed E-state index contributed by atoms with van der Waals surface area (Å²) >= 11 is 1.37. The molecule has 0 radical (unpaired) electrons. The highest BCUT2D eigenvalue weighted by atomic mass is 32.1. The fourth-order valence-corrected chi connectivity index (χ4v) is 2.77. The lowest BCUT2D eigenvalue weighted by Gasteiger charge is -2.19. The minimum absolute atomic E-state index is 0.160. The van der Waals surface area contributed by atoms with Crippen LogP contribution in [-0.2, 0) is 4.79 Å². The van der Waals surface area contributed by atoms with Crippen LogP contribution in [0.4, 0.5) is 5.69 Å². The van der Waals surface area contributed by atoms with E-state index in [0.29, 0.717) is 35.3 Å². The minimum Gasteiger partial charge on any atom is -0.486 e. The summed E-state index contributed by atoms with van der Waals surface area (Å²) in [5.41, 5.74) is 0.642. The van der Waals surface area contributed by atoms with Crippen molar-refractivity contribution in [1.29, 1.82) is 0 Å². The molecule has 0 unspecified atom stereocenters. The average molecular weight is 332 g/mol. The Bertz CT molecular complexity index is 700. The van der Waals surface area contributed by atoms with E-state index in [2.05, 4.69) is 10.6 Å². The molecule has 0 fully saturated rings. The van der Waals surface area contributed by atoms with Gasteiger partial charge in [-0.05, 0) is 23.6 Å². The molecule has 0 saturated carbocycles. The number of carbonyl (C=O) groups is 2. The van der Waals surface area contributed by atoms with Gasteiger partial charge < -0.3 is 20.1 Å². The topological polar surface area (TPSA) is 76.7 Å². The molecule has 0 aliphatic carbocycles. The van der Waals surface area contributed by atoms with Gasteiger partial charge in [-0.1, -0.05) is 6.07 Å². The summed E-state index contributed by atoms with van der Waals surface area (Å²) in [4.78, 5) is 24.3. The predicted octanol–water partition coefficient (Wildman–Crippen LogP) is 2.28. The van der Waals surface area contributed by atoms with Crippen LogP contribution >= 0.6 is 11.3 Å². The molecule has 2 amide bonds. The molecule has 23 heavy (non-hydrogen) atoms. The van der Waals surface area contributed by atoms with E-state index in [1.54, 1.807) is 24.3 Å². The zero-order valence-electron chi connectivity index (χ0n) is 12.3. The molecule has 6 nitrogen and oxygen atoms in total. The van der Waals surface area contributed by atoms with Gasteiger partial charge in [-0.3, -0.25) is 9.59 Å². The maximum atomic E-state index is 11.9.